The fourth-order valence-electron chi connectivity index (χ4n) is 4.60. The summed E-state index contributed by atoms with van der Waals surface area (Å²) in [7, 11) is -2.17. The van der Waals surface area contributed by atoms with E-state index in [0.29, 0.717) is 0 Å². The van der Waals surface area contributed by atoms with E-state index in [9.17, 15) is 9.90 Å². The maximum atomic E-state index is 11.6. The summed E-state index contributed by atoms with van der Waals surface area (Å²) in [5.41, 5.74) is 1.62. The van der Waals surface area contributed by atoms with Crippen LogP contribution in [-0.4, -0.2) is 31.2 Å². The molecule has 0 radical (unpaired) electrons. The molecule has 2 N–H and O–H groups in total. The van der Waals surface area contributed by atoms with Crippen LogP contribution in [0, 0.1) is 5.92 Å². The zero-order valence-electron chi connectivity index (χ0n) is 21.6. The van der Waals surface area contributed by atoms with Crippen LogP contribution in [0.2, 0.25) is 18.1 Å². The number of aliphatic carboxylic acids is 1. The molecule has 4 rings (SSSR count). The number of hydrogen-bond acceptors (Lipinski definition) is 5. The first-order valence-electron chi connectivity index (χ1n) is 12.3. The van der Waals surface area contributed by atoms with Crippen LogP contribution in [0.1, 0.15) is 45.2 Å². The molecule has 0 aromatic heterocycles. The van der Waals surface area contributed by atoms with Gasteiger partial charge >= 0.3 is 5.97 Å². The van der Waals surface area contributed by atoms with Gasteiger partial charge in [-0.1, -0.05) is 45.0 Å². The Morgan fingerprint density at radius 1 is 1.14 bits per heavy atom. The van der Waals surface area contributed by atoms with Gasteiger partial charge in [-0.25, -0.2) is 4.79 Å². The maximum absolute atomic E-state index is 11.6. The van der Waals surface area contributed by atoms with Crippen molar-refractivity contribution >= 4 is 14.3 Å². The lowest BCUT2D eigenvalue weighted by molar-refractivity contribution is -0.145. The van der Waals surface area contributed by atoms with E-state index in [1.54, 1.807) is 0 Å². The van der Waals surface area contributed by atoms with E-state index in [-0.39, 0.29) is 22.8 Å². The molecule has 188 valence electrons. The van der Waals surface area contributed by atoms with E-state index in [2.05, 4.69) is 51.3 Å². The minimum Gasteiger partial charge on any atom is -0.475 e. The minimum absolute atomic E-state index is 0.0134. The number of fused-ring (bicyclic) bond motifs is 1. The number of ether oxygens (including phenoxy) is 2. The largest absolute Gasteiger partial charge is 0.475 e. The number of carbonyl (C=O) groups is 1. The molecule has 3 unspecified atom stereocenters. The van der Waals surface area contributed by atoms with Gasteiger partial charge in [0.1, 0.15) is 17.6 Å². The molecule has 6 nitrogen and oxygen atoms in total. The molecular formula is C28H37NO5Si. The van der Waals surface area contributed by atoms with Crippen LogP contribution in [0.5, 0.6) is 11.5 Å². The van der Waals surface area contributed by atoms with Gasteiger partial charge in [-0.2, -0.15) is 0 Å². The molecule has 2 aromatic carbocycles. The second-order valence-electron chi connectivity index (χ2n) is 11.3. The van der Waals surface area contributed by atoms with Gasteiger partial charge in [0.25, 0.3) is 0 Å². The Labute approximate surface area is 209 Å². The molecule has 0 spiro atoms. The highest BCUT2D eigenvalue weighted by Crippen LogP contribution is 2.43. The van der Waals surface area contributed by atoms with Gasteiger partial charge in [-0.15, -0.1) is 0 Å². The number of carboxylic acids is 1. The minimum atomic E-state index is -2.17. The van der Waals surface area contributed by atoms with Crippen molar-refractivity contribution in [3.8, 4) is 11.5 Å². The molecular weight excluding hydrogens is 458 g/mol. The van der Waals surface area contributed by atoms with Crippen molar-refractivity contribution in [2.45, 2.75) is 76.9 Å². The van der Waals surface area contributed by atoms with Crippen molar-refractivity contribution in [2.24, 2.45) is 5.92 Å². The number of rotatable bonds is 7. The third-order valence-electron chi connectivity index (χ3n) is 7.64. The zero-order valence-corrected chi connectivity index (χ0v) is 22.6. The lowest BCUT2D eigenvalue weighted by atomic mass is 9.78. The van der Waals surface area contributed by atoms with Crippen molar-refractivity contribution in [1.29, 1.82) is 0 Å². The molecule has 1 heterocycles. The molecule has 0 bridgehead atoms. The third kappa shape index (κ3) is 5.41. The van der Waals surface area contributed by atoms with E-state index in [1.165, 1.54) is 17.3 Å². The van der Waals surface area contributed by atoms with Crippen LogP contribution in [0.25, 0.3) is 0 Å². The monoisotopic (exact) mass is 495 g/mol. The average Bonchev–Trinajstić information content (AvgIpc) is 3.20. The number of benzene rings is 2. The molecule has 1 aliphatic carbocycles. The molecule has 2 aliphatic rings. The third-order valence-corrected chi connectivity index (χ3v) is 12.1. The molecule has 0 saturated heterocycles. The topological polar surface area (TPSA) is 77.0 Å². The summed E-state index contributed by atoms with van der Waals surface area (Å²) >= 11 is 0. The predicted molar refractivity (Wildman–Crippen MR) is 139 cm³/mol. The van der Waals surface area contributed by atoms with Gasteiger partial charge in [0.2, 0.25) is 11.5 Å². The summed E-state index contributed by atoms with van der Waals surface area (Å²) in [6, 6.07) is 16.1. The Bertz CT molecular complexity index is 1110. The number of para-hydroxylation sites is 1. The van der Waals surface area contributed by atoms with E-state index < -0.39 is 20.0 Å². The highest BCUT2D eigenvalue weighted by Gasteiger charge is 2.51. The quantitative estimate of drug-likeness (QED) is 0.443. The highest BCUT2D eigenvalue weighted by molar-refractivity contribution is 6.74. The second-order valence-corrected chi connectivity index (χ2v) is 16.1. The van der Waals surface area contributed by atoms with Gasteiger partial charge < -0.3 is 24.3 Å². The van der Waals surface area contributed by atoms with E-state index in [0.717, 1.165) is 30.8 Å². The SMILES string of the molecule is CC1(C(O[Si](C)(C)C(C)(C)C)C2CCc3cc(Oc4ccccc4)ccc3C2)NC=C(C(=O)O)O1. The first-order chi connectivity index (χ1) is 16.4. The molecule has 3 atom stereocenters. The van der Waals surface area contributed by atoms with Crippen molar-refractivity contribution in [3.63, 3.8) is 0 Å². The summed E-state index contributed by atoms with van der Waals surface area (Å²) in [5.74, 6) is 0.688. The Morgan fingerprint density at radius 3 is 2.49 bits per heavy atom. The van der Waals surface area contributed by atoms with Gasteiger partial charge in [-0.05, 0) is 85.6 Å². The fraction of sp³-hybridized carbons (Fsp3) is 0.464. The van der Waals surface area contributed by atoms with Crippen LogP contribution >= 0.6 is 0 Å². The summed E-state index contributed by atoms with van der Waals surface area (Å²) in [6.07, 6.45) is 3.81. The highest BCUT2D eigenvalue weighted by atomic mass is 28.4. The van der Waals surface area contributed by atoms with Crippen LogP contribution in [0.4, 0.5) is 0 Å². The normalized spacial score (nSPS) is 22.9. The Kier molecular flexibility index (Phi) is 6.77. The molecule has 35 heavy (non-hydrogen) atoms. The number of aryl methyl sites for hydroxylation is 1. The summed E-state index contributed by atoms with van der Waals surface area (Å²) in [5, 5.41) is 12.7. The predicted octanol–water partition coefficient (Wildman–Crippen LogP) is 6.24. The molecule has 0 fully saturated rings. The first kappa shape index (κ1) is 25.3. The summed E-state index contributed by atoms with van der Waals surface area (Å²) in [6.45, 7) is 13.0. The van der Waals surface area contributed by atoms with Crippen LogP contribution < -0.4 is 10.1 Å². The molecule has 1 aliphatic heterocycles. The number of hydrogen-bond donors (Lipinski definition) is 2. The first-order valence-corrected chi connectivity index (χ1v) is 15.2. The number of nitrogens with one attached hydrogen (secondary N) is 1. The molecule has 0 saturated carbocycles. The van der Waals surface area contributed by atoms with E-state index >= 15 is 0 Å². The van der Waals surface area contributed by atoms with E-state index in [4.69, 9.17) is 13.9 Å². The van der Waals surface area contributed by atoms with Gasteiger partial charge in [0, 0.05) is 0 Å². The van der Waals surface area contributed by atoms with Crippen LogP contribution in [-0.2, 0) is 26.8 Å². The second kappa shape index (κ2) is 9.35. The van der Waals surface area contributed by atoms with Gasteiger partial charge in [0.05, 0.1) is 6.20 Å². The van der Waals surface area contributed by atoms with Crippen molar-refractivity contribution in [3.05, 3.63) is 71.6 Å². The maximum Gasteiger partial charge on any atom is 0.372 e. The van der Waals surface area contributed by atoms with Crippen LogP contribution in [0.15, 0.2) is 60.5 Å². The number of carboxylic acid groups (broad SMARTS) is 1. The van der Waals surface area contributed by atoms with Crippen molar-refractivity contribution < 1.29 is 23.8 Å². The molecule has 0 amide bonds. The lowest BCUT2D eigenvalue weighted by Crippen LogP contribution is -2.59. The summed E-state index contributed by atoms with van der Waals surface area (Å²) in [4.78, 5) is 11.6. The fourth-order valence-corrected chi connectivity index (χ4v) is 6.01. The Morgan fingerprint density at radius 2 is 1.86 bits per heavy atom. The smallest absolute Gasteiger partial charge is 0.372 e. The zero-order chi connectivity index (χ0) is 25.4. The Hall–Kier alpha value is -2.77. The van der Waals surface area contributed by atoms with Gasteiger partial charge in [0.15, 0.2) is 8.32 Å². The standard InChI is InChI=1S/C28H37NO5Si/c1-27(2,3)35(5,6)34-25(28(4)29-18-24(33-28)26(30)31)21-13-12-20-17-23(15-14-19(20)16-21)32-22-10-8-7-9-11-22/h7-11,14-15,17-18,21,25,29H,12-13,16H2,1-6H3,(H,30,31). The Balaban J connectivity index is 1.58. The van der Waals surface area contributed by atoms with Crippen LogP contribution in [0.3, 0.4) is 0 Å². The average molecular weight is 496 g/mol. The van der Waals surface area contributed by atoms with E-state index in [1.807, 2.05) is 43.3 Å². The van der Waals surface area contributed by atoms with Crippen molar-refractivity contribution in [2.75, 3.05) is 0 Å². The lowest BCUT2D eigenvalue weighted by Gasteiger charge is -2.47. The molecule has 7 heteroatoms. The summed E-state index contributed by atoms with van der Waals surface area (Å²) < 4.78 is 19.0. The van der Waals surface area contributed by atoms with Crippen molar-refractivity contribution in [1.82, 2.24) is 5.32 Å². The molecule has 2 aromatic rings. The van der Waals surface area contributed by atoms with Gasteiger partial charge in [-0.3, -0.25) is 0 Å².